The summed E-state index contributed by atoms with van der Waals surface area (Å²) in [5.74, 6) is -0.677. The number of sulfonamides is 1. The molecule has 2 amide bonds. The van der Waals surface area contributed by atoms with Crippen molar-refractivity contribution in [3.05, 3.63) is 102 Å². The number of anilines is 1. The van der Waals surface area contributed by atoms with E-state index in [0.717, 1.165) is 17.5 Å². The van der Waals surface area contributed by atoms with Crippen molar-refractivity contribution in [3.63, 3.8) is 0 Å². The Kier molecular flexibility index (Phi) is 9.31. The van der Waals surface area contributed by atoms with Crippen molar-refractivity contribution in [2.45, 2.75) is 38.6 Å². The van der Waals surface area contributed by atoms with E-state index < -0.39 is 10.0 Å². The lowest BCUT2D eigenvalue weighted by Gasteiger charge is -2.30. The summed E-state index contributed by atoms with van der Waals surface area (Å²) in [5, 5.41) is 5.90. The van der Waals surface area contributed by atoms with E-state index in [1.165, 1.54) is 4.31 Å². The molecule has 1 heterocycles. The molecule has 0 bridgehead atoms. The van der Waals surface area contributed by atoms with Crippen LogP contribution in [-0.2, 0) is 21.2 Å². The number of hydrogen-bond donors (Lipinski definition) is 2. The molecule has 0 spiro atoms. The summed E-state index contributed by atoms with van der Waals surface area (Å²) in [6.45, 7) is 2.56. The van der Waals surface area contributed by atoms with E-state index in [4.69, 9.17) is 0 Å². The van der Waals surface area contributed by atoms with Gasteiger partial charge in [0.2, 0.25) is 15.9 Å². The van der Waals surface area contributed by atoms with Gasteiger partial charge in [0.25, 0.3) is 5.91 Å². The van der Waals surface area contributed by atoms with Gasteiger partial charge in [0, 0.05) is 19.0 Å². The van der Waals surface area contributed by atoms with Gasteiger partial charge in [-0.1, -0.05) is 72.8 Å². The van der Waals surface area contributed by atoms with Crippen LogP contribution in [0.4, 0.5) is 5.69 Å². The standard InChI is InChI=1S/C30H35N3O4S/c1-23(25-14-6-3-7-15-25)31-30(35)27-16-8-9-17-28(27)32-29(34)26-18-20-33(21-19-26)38(36,37)22-10-13-24-11-4-2-5-12-24/h2-9,11-12,14-17,23,26H,10,13,18-22H2,1H3,(H,31,35)(H,32,34). The van der Waals surface area contributed by atoms with Crippen LogP contribution in [0, 0.1) is 5.92 Å². The highest BCUT2D eigenvalue weighted by Gasteiger charge is 2.31. The molecule has 3 aromatic carbocycles. The van der Waals surface area contributed by atoms with Crippen molar-refractivity contribution in [2.24, 2.45) is 5.92 Å². The first-order chi connectivity index (χ1) is 18.3. The highest BCUT2D eigenvalue weighted by Crippen LogP contribution is 2.24. The van der Waals surface area contributed by atoms with Gasteiger partial charge in [-0.05, 0) is 55.9 Å². The molecular formula is C30H35N3O4S. The largest absolute Gasteiger partial charge is 0.345 e. The number of carbonyl (C=O) groups is 2. The number of rotatable bonds is 10. The van der Waals surface area contributed by atoms with Crippen LogP contribution < -0.4 is 10.6 Å². The summed E-state index contributed by atoms with van der Waals surface area (Å²) in [5.41, 5.74) is 2.96. The van der Waals surface area contributed by atoms with Gasteiger partial charge >= 0.3 is 0 Å². The lowest BCUT2D eigenvalue weighted by molar-refractivity contribution is -0.120. The third-order valence-electron chi connectivity index (χ3n) is 7.01. The quantitative estimate of drug-likeness (QED) is 0.392. The van der Waals surface area contributed by atoms with Gasteiger partial charge in [0.1, 0.15) is 0 Å². The normalized spacial score (nSPS) is 15.5. The predicted molar refractivity (Wildman–Crippen MR) is 150 cm³/mol. The lowest BCUT2D eigenvalue weighted by Crippen LogP contribution is -2.42. The molecule has 1 atom stereocenters. The van der Waals surface area contributed by atoms with Gasteiger partial charge < -0.3 is 10.6 Å². The number of benzene rings is 3. The monoisotopic (exact) mass is 533 g/mol. The Morgan fingerprint density at radius 1 is 0.895 bits per heavy atom. The van der Waals surface area contributed by atoms with E-state index in [0.29, 0.717) is 43.6 Å². The Hall–Kier alpha value is -3.49. The van der Waals surface area contributed by atoms with Crippen LogP contribution in [0.5, 0.6) is 0 Å². The highest BCUT2D eigenvalue weighted by molar-refractivity contribution is 7.89. The first-order valence-electron chi connectivity index (χ1n) is 13.1. The average molecular weight is 534 g/mol. The number of nitrogens with one attached hydrogen (secondary N) is 2. The van der Waals surface area contributed by atoms with Crippen molar-refractivity contribution in [2.75, 3.05) is 24.2 Å². The van der Waals surface area contributed by atoms with E-state index in [-0.39, 0.29) is 29.5 Å². The number of aryl methyl sites for hydroxylation is 1. The molecule has 1 aliphatic heterocycles. The van der Waals surface area contributed by atoms with E-state index in [2.05, 4.69) is 10.6 Å². The van der Waals surface area contributed by atoms with Gasteiger partial charge in [-0.25, -0.2) is 12.7 Å². The second-order valence-electron chi connectivity index (χ2n) is 9.72. The number of carbonyl (C=O) groups excluding carboxylic acids is 2. The van der Waals surface area contributed by atoms with Gasteiger partial charge in [0.05, 0.1) is 23.0 Å². The molecule has 1 unspecified atom stereocenters. The van der Waals surface area contributed by atoms with E-state index in [1.54, 1.807) is 24.3 Å². The molecular weight excluding hydrogens is 498 g/mol. The lowest BCUT2D eigenvalue weighted by atomic mass is 9.97. The Morgan fingerprint density at radius 2 is 1.50 bits per heavy atom. The van der Waals surface area contributed by atoms with Crippen molar-refractivity contribution >= 4 is 27.5 Å². The fraction of sp³-hybridized carbons (Fsp3) is 0.333. The van der Waals surface area contributed by atoms with Gasteiger partial charge in [-0.3, -0.25) is 9.59 Å². The minimum Gasteiger partial charge on any atom is -0.345 e. The van der Waals surface area contributed by atoms with Gasteiger partial charge in [-0.2, -0.15) is 0 Å². The van der Waals surface area contributed by atoms with Crippen LogP contribution in [0.1, 0.15) is 53.7 Å². The molecule has 1 fully saturated rings. The molecule has 3 aromatic rings. The molecule has 1 saturated heterocycles. The van der Waals surface area contributed by atoms with Crippen LogP contribution in [0.3, 0.4) is 0 Å². The summed E-state index contributed by atoms with van der Waals surface area (Å²) >= 11 is 0. The summed E-state index contributed by atoms with van der Waals surface area (Å²) in [4.78, 5) is 26.1. The fourth-order valence-electron chi connectivity index (χ4n) is 4.75. The van der Waals surface area contributed by atoms with E-state index in [9.17, 15) is 18.0 Å². The Bertz CT molecular complexity index is 1320. The minimum absolute atomic E-state index is 0.0998. The predicted octanol–water partition coefficient (Wildman–Crippen LogP) is 4.79. The molecule has 1 aliphatic rings. The Balaban J connectivity index is 1.29. The second kappa shape index (κ2) is 12.8. The van der Waals surface area contributed by atoms with Crippen molar-refractivity contribution < 1.29 is 18.0 Å². The number of piperidine rings is 1. The molecule has 0 radical (unpaired) electrons. The second-order valence-corrected chi connectivity index (χ2v) is 11.8. The van der Waals surface area contributed by atoms with Gasteiger partial charge in [-0.15, -0.1) is 0 Å². The average Bonchev–Trinajstić information content (AvgIpc) is 2.94. The molecule has 8 heteroatoms. The summed E-state index contributed by atoms with van der Waals surface area (Å²) in [6, 6.07) is 26.3. The molecule has 38 heavy (non-hydrogen) atoms. The Morgan fingerprint density at radius 3 is 2.18 bits per heavy atom. The summed E-state index contributed by atoms with van der Waals surface area (Å²) < 4.78 is 27.2. The molecule has 0 saturated carbocycles. The third-order valence-corrected chi connectivity index (χ3v) is 8.96. The molecule has 4 rings (SSSR count). The van der Waals surface area contributed by atoms with Crippen LogP contribution >= 0.6 is 0 Å². The first-order valence-corrected chi connectivity index (χ1v) is 14.7. The summed E-state index contributed by atoms with van der Waals surface area (Å²) in [7, 11) is -3.37. The molecule has 0 aliphatic carbocycles. The van der Waals surface area contributed by atoms with E-state index in [1.807, 2.05) is 67.6 Å². The number of hydrogen-bond acceptors (Lipinski definition) is 4. The zero-order valence-corrected chi connectivity index (χ0v) is 22.5. The third kappa shape index (κ3) is 7.30. The molecule has 0 aromatic heterocycles. The molecule has 7 nitrogen and oxygen atoms in total. The SMILES string of the molecule is CC(NC(=O)c1ccccc1NC(=O)C1CCN(S(=O)(=O)CCCc2ccccc2)CC1)c1ccccc1. The summed E-state index contributed by atoms with van der Waals surface area (Å²) in [6.07, 6.45) is 2.18. The number of para-hydroxylation sites is 1. The van der Waals surface area contributed by atoms with Crippen LogP contribution in [-0.4, -0.2) is 43.4 Å². The zero-order chi connectivity index (χ0) is 27.0. The van der Waals surface area contributed by atoms with Crippen molar-refractivity contribution in [1.29, 1.82) is 0 Å². The number of amides is 2. The minimum atomic E-state index is -3.37. The van der Waals surface area contributed by atoms with Crippen LogP contribution in [0.2, 0.25) is 0 Å². The van der Waals surface area contributed by atoms with Crippen molar-refractivity contribution in [3.8, 4) is 0 Å². The van der Waals surface area contributed by atoms with E-state index >= 15 is 0 Å². The maximum absolute atomic E-state index is 13.1. The zero-order valence-electron chi connectivity index (χ0n) is 21.7. The van der Waals surface area contributed by atoms with Gasteiger partial charge in [0.15, 0.2) is 0 Å². The first kappa shape index (κ1) is 27.5. The van der Waals surface area contributed by atoms with Crippen molar-refractivity contribution in [1.82, 2.24) is 9.62 Å². The smallest absolute Gasteiger partial charge is 0.253 e. The Labute approximate surface area is 225 Å². The fourth-order valence-corrected chi connectivity index (χ4v) is 6.29. The number of nitrogens with zero attached hydrogens (tertiary/aromatic N) is 1. The van der Waals surface area contributed by atoms with Crippen LogP contribution in [0.25, 0.3) is 0 Å². The maximum atomic E-state index is 13.1. The molecule has 2 N–H and O–H groups in total. The topological polar surface area (TPSA) is 95.6 Å². The highest BCUT2D eigenvalue weighted by atomic mass is 32.2. The van der Waals surface area contributed by atoms with Crippen LogP contribution in [0.15, 0.2) is 84.9 Å². The maximum Gasteiger partial charge on any atom is 0.253 e. The molecule has 200 valence electrons.